The van der Waals surface area contributed by atoms with Gasteiger partial charge in [-0.1, -0.05) is 50.7 Å². The van der Waals surface area contributed by atoms with Gasteiger partial charge in [0.05, 0.1) is 5.52 Å². The summed E-state index contributed by atoms with van der Waals surface area (Å²) in [4.78, 5) is 31.6. The maximum absolute atomic E-state index is 13.6. The number of aromatic nitrogens is 1. The van der Waals surface area contributed by atoms with Crippen molar-refractivity contribution in [1.82, 2.24) is 14.8 Å². The number of pyridine rings is 1. The molecule has 1 aromatic heterocycles. The van der Waals surface area contributed by atoms with E-state index in [1.165, 1.54) is 6.42 Å². The molecule has 3 aromatic rings. The van der Waals surface area contributed by atoms with E-state index >= 15 is 0 Å². The zero-order valence-electron chi connectivity index (χ0n) is 22.0. The Labute approximate surface area is 218 Å². The normalized spacial score (nSPS) is 24.5. The molecule has 190 valence electrons. The molecule has 2 saturated carbocycles. The molecule has 1 unspecified atom stereocenters. The molecule has 2 aliphatic carbocycles. The van der Waals surface area contributed by atoms with Gasteiger partial charge < -0.3 is 14.8 Å². The van der Waals surface area contributed by atoms with E-state index < -0.39 is 0 Å². The van der Waals surface area contributed by atoms with Crippen LogP contribution in [0.2, 0.25) is 0 Å². The quantitative estimate of drug-likeness (QED) is 0.452. The topological polar surface area (TPSA) is 54.3 Å². The first kappa shape index (κ1) is 25.1. The summed E-state index contributed by atoms with van der Waals surface area (Å²) in [6, 6.07) is 16.2. The van der Waals surface area contributed by atoms with Crippen molar-refractivity contribution in [3.05, 3.63) is 70.5 Å². The summed E-state index contributed by atoms with van der Waals surface area (Å²) >= 11 is 1.67. The lowest BCUT2D eigenvalue weighted by molar-refractivity contribution is 0.0736. The van der Waals surface area contributed by atoms with Crippen molar-refractivity contribution in [1.29, 1.82) is 0 Å². The lowest BCUT2D eigenvalue weighted by Crippen LogP contribution is -2.53. The predicted octanol–water partition coefficient (Wildman–Crippen LogP) is 5.66. The fourth-order valence-electron chi connectivity index (χ4n) is 6.58. The van der Waals surface area contributed by atoms with Crippen molar-refractivity contribution < 1.29 is 4.79 Å². The molecule has 36 heavy (non-hydrogen) atoms. The van der Waals surface area contributed by atoms with Gasteiger partial charge in [0.1, 0.15) is 5.56 Å². The fourth-order valence-corrected chi connectivity index (χ4v) is 7.46. The van der Waals surface area contributed by atoms with Crippen molar-refractivity contribution in [2.24, 2.45) is 16.7 Å². The molecule has 1 N–H and O–H groups in total. The average molecular weight is 504 g/mol. The zero-order valence-corrected chi connectivity index (χ0v) is 22.8. The maximum Gasteiger partial charge on any atom is 0.257 e. The molecule has 3 atom stereocenters. The SMILES string of the molecule is CN(C)CCn1cc(C(=O)N[C@@H]2C(C)(C)C3CC[C@]2(C)C3)c(=O)c2ccc(Sc3ccccc3)cc21. The molecule has 6 heteroatoms. The second-order valence-corrected chi connectivity index (χ2v) is 12.9. The first-order valence-electron chi connectivity index (χ1n) is 12.9. The summed E-state index contributed by atoms with van der Waals surface area (Å²) in [6.07, 6.45) is 5.30. The van der Waals surface area contributed by atoms with Crippen molar-refractivity contribution in [3.8, 4) is 0 Å². The van der Waals surface area contributed by atoms with Crippen LogP contribution in [-0.4, -0.2) is 42.1 Å². The highest BCUT2D eigenvalue weighted by molar-refractivity contribution is 7.99. The minimum atomic E-state index is -0.241. The third-order valence-corrected chi connectivity index (χ3v) is 9.61. The van der Waals surface area contributed by atoms with Crippen LogP contribution < -0.4 is 10.7 Å². The lowest BCUT2D eigenvalue weighted by atomic mass is 9.68. The van der Waals surface area contributed by atoms with Crippen LogP contribution in [-0.2, 0) is 6.54 Å². The Morgan fingerprint density at radius 3 is 2.53 bits per heavy atom. The third-order valence-electron chi connectivity index (χ3n) is 8.61. The van der Waals surface area contributed by atoms with Gasteiger partial charge in [0.2, 0.25) is 5.43 Å². The van der Waals surface area contributed by atoms with Crippen LogP contribution in [0.15, 0.2) is 69.3 Å². The monoisotopic (exact) mass is 503 g/mol. The van der Waals surface area contributed by atoms with Crippen LogP contribution >= 0.6 is 11.8 Å². The largest absolute Gasteiger partial charge is 0.348 e. The Bertz CT molecular complexity index is 1340. The first-order chi connectivity index (χ1) is 17.1. The van der Waals surface area contributed by atoms with Crippen LogP contribution in [0.5, 0.6) is 0 Å². The summed E-state index contributed by atoms with van der Waals surface area (Å²) in [5.74, 6) is 0.386. The summed E-state index contributed by atoms with van der Waals surface area (Å²) in [5.41, 5.74) is 1.06. The Balaban J connectivity index is 1.52. The Morgan fingerprint density at radius 2 is 1.86 bits per heavy atom. The van der Waals surface area contributed by atoms with E-state index in [-0.39, 0.29) is 33.8 Å². The van der Waals surface area contributed by atoms with E-state index in [1.54, 1.807) is 18.0 Å². The number of carbonyl (C=O) groups is 1. The Hall–Kier alpha value is -2.57. The highest BCUT2D eigenvalue weighted by Gasteiger charge is 2.59. The highest BCUT2D eigenvalue weighted by atomic mass is 32.2. The number of hydrogen-bond donors (Lipinski definition) is 1. The average Bonchev–Trinajstić information content (AvgIpc) is 3.33. The number of likely N-dealkylation sites (N-methyl/N-ethyl adjacent to an activating group) is 1. The number of rotatable bonds is 7. The zero-order chi connectivity index (χ0) is 25.7. The molecule has 0 spiro atoms. The van der Waals surface area contributed by atoms with E-state index in [0.717, 1.165) is 34.7 Å². The molecular weight excluding hydrogens is 466 g/mol. The molecule has 2 bridgehead atoms. The molecular formula is C30H37N3O2S. The Morgan fingerprint density at radius 1 is 1.11 bits per heavy atom. The van der Waals surface area contributed by atoms with E-state index in [1.807, 2.05) is 44.4 Å². The van der Waals surface area contributed by atoms with Crippen LogP contribution in [0, 0.1) is 16.7 Å². The van der Waals surface area contributed by atoms with Gasteiger partial charge in [-0.25, -0.2) is 0 Å². The molecule has 0 saturated heterocycles. The second kappa shape index (κ2) is 9.38. The highest BCUT2D eigenvalue weighted by Crippen LogP contribution is 2.62. The van der Waals surface area contributed by atoms with Gasteiger partial charge in [-0.15, -0.1) is 0 Å². The third kappa shape index (κ3) is 4.50. The number of carbonyl (C=O) groups excluding carboxylic acids is 1. The molecule has 1 heterocycles. The van der Waals surface area contributed by atoms with Gasteiger partial charge in [-0.2, -0.15) is 0 Å². The maximum atomic E-state index is 13.6. The van der Waals surface area contributed by atoms with Crippen LogP contribution in [0.3, 0.4) is 0 Å². The molecule has 2 aromatic carbocycles. The smallest absolute Gasteiger partial charge is 0.257 e. The van der Waals surface area contributed by atoms with Gasteiger partial charge >= 0.3 is 0 Å². The van der Waals surface area contributed by atoms with E-state index in [0.29, 0.717) is 17.8 Å². The van der Waals surface area contributed by atoms with Crippen molar-refractivity contribution in [3.63, 3.8) is 0 Å². The molecule has 0 radical (unpaired) electrons. The summed E-state index contributed by atoms with van der Waals surface area (Å²) < 4.78 is 2.08. The van der Waals surface area contributed by atoms with Crippen LogP contribution in [0.4, 0.5) is 0 Å². The lowest BCUT2D eigenvalue weighted by Gasteiger charge is -2.43. The molecule has 2 aliphatic rings. The summed E-state index contributed by atoms with van der Waals surface area (Å²) in [7, 11) is 4.07. The number of amides is 1. The fraction of sp³-hybridized carbons (Fsp3) is 0.467. The van der Waals surface area contributed by atoms with Gasteiger partial charge in [0, 0.05) is 40.5 Å². The van der Waals surface area contributed by atoms with Gasteiger partial charge in [0.25, 0.3) is 5.91 Å². The summed E-state index contributed by atoms with van der Waals surface area (Å²) in [5, 5.41) is 3.93. The van der Waals surface area contributed by atoms with Gasteiger partial charge in [-0.05, 0) is 80.4 Å². The van der Waals surface area contributed by atoms with E-state index in [9.17, 15) is 9.59 Å². The van der Waals surface area contributed by atoms with Gasteiger partial charge in [-0.3, -0.25) is 9.59 Å². The van der Waals surface area contributed by atoms with Crippen molar-refractivity contribution in [2.45, 2.75) is 62.4 Å². The minimum absolute atomic E-state index is 0.0347. The first-order valence-corrected chi connectivity index (χ1v) is 13.8. The number of nitrogens with zero attached hydrogens (tertiary/aromatic N) is 2. The molecule has 0 aliphatic heterocycles. The van der Waals surface area contributed by atoms with E-state index in [4.69, 9.17) is 0 Å². The number of nitrogens with one attached hydrogen (secondary N) is 1. The molecule has 5 nitrogen and oxygen atoms in total. The molecule has 2 fully saturated rings. The predicted molar refractivity (Wildman–Crippen MR) is 148 cm³/mol. The Kier molecular flexibility index (Phi) is 6.54. The molecule has 5 rings (SSSR count). The number of benzene rings is 2. The van der Waals surface area contributed by atoms with Gasteiger partial charge in [0.15, 0.2) is 0 Å². The summed E-state index contributed by atoms with van der Waals surface area (Å²) in [6.45, 7) is 8.35. The van der Waals surface area contributed by atoms with E-state index in [2.05, 4.69) is 53.8 Å². The minimum Gasteiger partial charge on any atom is -0.348 e. The number of hydrogen-bond acceptors (Lipinski definition) is 4. The van der Waals surface area contributed by atoms with Crippen molar-refractivity contribution >= 4 is 28.6 Å². The second-order valence-electron chi connectivity index (χ2n) is 11.8. The van der Waals surface area contributed by atoms with Crippen LogP contribution in [0.1, 0.15) is 50.4 Å². The van der Waals surface area contributed by atoms with Crippen LogP contribution in [0.25, 0.3) is 10.9 Å². The molecule has 1 amide bonds. The van der Waals surface area contributed by atoms with Crippen molar-refractivity contribution in [2.75, 3.05) is 20.6 Å². The number of fused-ring (bicyclic) bond motifs is 3. The standard InChI is InChI=1S/C30H37N3O2S/c1-29(2)20-13-14-30(3,18-20)28(29)31-27(35)24-19-33(16-15-32(4)5)25-17-22(11-12-23(25)26(24)34)36-21-9-7-6-8-10-21/h6-12,17,19-20,28H,13-16,18H2,1-5H3,(H,31,35)/t20?,28-,30-/m1/s1.